The maximum atomic E-state index is 12.4. The second-order valence-corrected chi connectivity index (χ2v) is 7.48. The molecule has 2 atom stereocenters. The number of aromatic hydroxyl groups is 1. The Morgan fingerprint density at radius 2 is 2.00 bits per heavy atom. The van der Waals surface area contributed by atoms with Gasteiger partial charge in [0.25, 0.3) is 0 Å². The van der Waals surface area contributed by atoms with Gasteiger partial charge in [0.05, 0.1) is 6.54 Å². The molecular formula is C19H22N2O6. The van der Waals surface area contributed by atoms with Crippen molar-refractivity contribution in [3.63, 3.8) is 0 Å². The van der Waals surface area contributed by atoms with E-state index in [-0.39, 0.29) is 18.7 Å². The molecule has 0 saturated carbocycles. The molecular weight excluding hydrogens is 352 g/mol. The number of benzene rings is 1. The van der Waals surface area contributed by atoms with E-state index in [9.17, 15) is 19.8 Å². The molecule has 144 valence electrons. The SMILES string of the molecule is CC(C)(C)OC(=O)N1C[C@H](Oc2nccc3cc(O)ccc23)C[C@H]1C(=O)O. The number of fused-ring (bicyclic) bond motifs is 1. The van der Waals surface area contributed by atoms with Crippen LogP contribution in [0.5, 0.6) is 11.6 Å². The second kappa shape index (κ2) is 6.94. The van der Waals surface area contributed by atoms with E-state index in [4.69, 9.17) is 9.47 Å². The van der Waals surface area contributed by atoms with Crippen LogP contribution in [0, 0.1) is 0 Å². The second-order valence-electron chi connectivity index (χ2n) is 7.48. The Kier molecular flexibility index (Phi) is 4.82. The molecule has 0 bridgehead atoms. The van der Waals surface area contributed by atoms with E-state index < -0.39 is 29.8 Å². The van der Waals surface area contributed by atoms with Crippen LogP contribution in [0.1, 0.15) is 27.2 Å². The van der Waals surface area contributed by atoms with Crippen LogP contribution in [0.2, 0.25) is 0 Å². The molecule has 2 heterocycles. The first kappa shape index (κ1) is 18.8. The molecule has 0 unspecified atom stereocenters. The Hall–Kier alpha value is -3.03. The molecule has 2 aromatic rings. The number of hydrogen-bond donors (Lipinski definition) is 2. The van der Waals surface area contributed by atoms with Gasteiger partial charge >= 0.3 is 12.1 Å². The van der Waals surface area contributed by atoms with Crippen molar-refractivity contribution in [3.05, 3.63) is 30.5 Å². The molecule has 1 saturated heterocycles. The van der Waals surface area contributed by atoms with Crippen LogP contribution in [0.3, 0.4) is 0 Å². The lowest BCUT2D eigenvalue weighted by molar-refractivity contribution is -0.142. The summed E-state index contributed by atoms with van der Waals surface area (Å²) >= 11 is 0. The highest BCUT2D eigenvalue weighted by Gasteiger charge is 2.42. The molecule has 8 nitrogen and oxygen atoms in total. The number of carbonyl (C=O) groups is 2. The zero-order valence-corrected chi connectivity index (χ0v) is 15.4. The normalized spacial score (nSPS) is 19.9. The fourth-order valence-corrected chi connectivity index (χ4v) is 3.03. The summed E-state index contributed by atoms with van der Waals surface area (Å²) in [6, 6.07) is 5.51. The van der Waals surface area contributed by atoms with Gasteiger partial charge in [0.1, 0.15) is 23.5 Å². The summed E-state index contributed by atoms with van der Waals surface area (Å²) in [5.74, 6) is -0.655. The van der Waals surface area contributed by atoms with Gasteiger partial charge in [0.15, 0.2) is 0 Å². The largest absolute Gasteiger partial charge is 0.508 e. The van der Waals surface area contributed by atoms with Gasteiger partial charge in [-0.05, 0) is 50.4 Å². The van der Waals surface area contributed by atoms with Crippen LogP contribution in [0.25, 0.3) is 10.8 Å². The average Bonchev–Trinajstić information content (AvgIpc) is 2.97. The Bertz CT molecular complexity index is 876. The highest BCUT2D eigenvalue weighted by molar-refractivity contribution is 5.88. The number of phenols is 1. The number of pyridine rings is 1. The van der Waals surface area contributed by atoms with Crippen LogP contribution < -0.4 is 4.74 Å². The van der Waals surface area contributed by atoms with Crippen LogP contribution in [0.4, 0.5) is 4.79 Å². The molecule has 1 aliphatic heterocycles. The topological polar surface area (TPSA) is 109 Å². The Morgan fingerprint density at radius 3 is 2.67 bits per heavy atom. The van der Waals surface area contributed by atoms with Gasteiger partial charge in [-0.15, -0.1) is 0 Å². The van der Waals surface area contributed by atoms with Gasteiger partial charge in [-0.2, -0.15) is 0 Å². The van der Waals surface area contributed by atoms with E-state index in [1.165, 1.54) is 11.0 Å². The fourth-order valence-electron chi connectivity index (χ4n) is 3.03. The number of aliphatic carboxylic acids is 1. The Labute approximate surface area is 156 Å². The number of nitrogens with zero attached hydrogens (tertiary/aromatic N) is 2. The zero-order chi connectivity index (χ0) is 19.8. The van der Waals surface area contributed by atoms with Crippen molar-refractivity contribution >= 4 is 22.8 Å². The van der Waals surface area contributed by atoms with Gasteiger partial charge in [-0.1, -0.05) is 0 Å². The Balaban J connectivity index is 1.81. The lowest BCUT2D eigenvalue weighted by atomic mass is 10.1. The van der Waals surface area contributed by atoms with Crippen molar-refractivity contribution in [1.29, 1.82) is 0 Å². The predicted octanol–water partition coefficient (Wildman–Crippen LogP) is 2.78. The molecule has 0 radical (unpaired) electrons. The van der Waals surface area contributed by atoms with E-state index in [1.807, 2.05) is 0 Å². The molecule has 1 aromatic carbocycles. The lowest BCUT2D eigenvalue weighted by Gasteiger charge is -2.26. The summed E-state index contributed by atoms with van der Waals surface area (Å²) in [6.45, 7) is 5.25. The highest BCUT2D eigenvalue weighted by Crippen LogP contribution is 2.30. The van der Waals surface area contributed by atoms with E-state index in [1.54, 1.807) is 45.2 Å². The van der Waals surface area contributed by atoms with Gasteiger partial charge < -0.3 is 19.7 Å². The summed E-state index contributed by atoms with van der Waals surface area (Å²) < 4.78 is 11.2. The maximum Gasteiger partial charge on any atom is 0.411 e. The number of rotatable bonds is 3. The van der Waals surface area contributed by atoms with Gasteiger partial charge in [0, 0.05) is 18.0 Å². The number of carboxylic acids is 1. The average molecular weight is 374 g/mol. The number of phenolic OH excluding ortho intramolecular Hbond substituents is 1. The van der Waals surface area contributed by atoms with Crippen molar-refractivity contribution in [2.75, 3.05) is 6.54 Å². The summed E-state index contributed by atoms with van der Waals surface area (Å²) in [5, 5.41) is 20.5. The molecule has 1 amide bonds. The molecule has 2 N–H and O–H groups in total. The number of ether oxygens (including phenoxy) is 2. The smallest absolute Gasteiger partial charge is 0.411 e. The lowest BCUT2D eigenvalue weighted by Crippen LogP contribution is -2.43. The van der Waals surface area contributed by atoms with Crippen LogP contribution in [-0.2, 0) is 9.53 Å². The van der Waals surface area contributed by atoms with Crippen LogP contribution >= 0.6 is 0 Å². The third-order valence-corrected chi connectivity index (χ3v) is 4.17. The van der Waals surface area contributed by atoms with E-state index in [0.29, 0.717) is 11.3 Å². The Morgan fingerprint density at radius 1 is 1.26 bits per heavy atom. The maximum absolute atomic E-state index is 12.4. The molecule has 1 aliphatic rings. The first-order chi connectivity index (χ1) is 12.6. The molecule has 0 spiro atoms. The van der Waals surface area contributed by atoms with E-state index in [0.717, 1.165) is 5.39 Å². The molecule has 1 fully saturated rings. The van der Waals surface area contributed by atoms with Crippen LogP contribution in [-0.4, -0.2) is 56.5 Å². The number of aromatic nitrogens is 1. The van der Waals surface area contributed by atoms with Gasteiger partial charge in [-0.25, -0.2) is 14.6 Å². The number of amides is 1. The van der Waals surface area contributed by atoms with Gasteiger partial charge in [-0.3, -0.25) is 4.90 Å². The first-order valence-corrected chi connectivity index (χ1v) is 8.61. The predicted molar refractivity (Wildman–Crippen MR) is 96.8 cm³/mol. The number of hydrogen-bond acceptors (Lipinski definition) is 6. The minimum Gasteiger partial charge on any atom is -0.508 e. The fraction of sp³-hybridized carbons (Fsp3) is 0.421. The summed E-state index contributed by atoms with van der Waals surface area (Å²) in [6.07, 6.45) is 0.458. The molecule has 3 rings (SSSR count). The van der Waals surface area contributed by atoms with Crippen molar-refractivity contribution in [2.45, 2.75) is 44.9 Å². The minimum absolute atomic E-state index is 0.0853. The molecule has 0 aliphatic carbocycles. The third kappa shape index (κ3) is 4.21. The van der Waals surface area contributed by atoms with E-state index in [2.05, 4.69) is 4.98 Å². The zero-order valence-electron chi connectivity index (χ0n) is 15.4. The van der Waals surface area contributed by atoms with Gasteiger partial charge in [0.2, 0.25) is 5.88 Å². The number of likely N-dealkylation sites (tertiary alicyclic amines) is 1. The van der Waals surface area contributed by atoms with Crippen molar-refractivity contribution in [3.8, 4) is 11.6 Å². The van der Waals surface area contributed by atoms with Crippen molar-refractivity contribution in [2.24, 2.45) is 0 Å². The van der Waals surface area contributed by atoms with Crippen molar-refractivity contribution < 1.29 is 29.3 Å². The van der Waals surface area contributed by atoms with Crippen molar-refractivity contribution in [1.82, 2.24) is 9.88 Å². The standard InChI is InChI=1S/C19H22N2O6/c1-19(2,3)27-18(25)21-10-13(9-15(21)17(23)24)26-16-14-5-4-12(22)8-11(14)6-7-20-16/h4-8,13,15,22H,9-10H2,1-3H3,(H,23,24)/t13-,15+/m1/s1. The molecule has 8 heteroatoms. The highest BCUT2D eigenvalue weighted by atomic mass is 16.6. The van der Waals surface area contributed by atoms with E-state index >= 15 is 0 Å². The number of carboxylic acid groups (broad SMARTS) is 1. The first-order valence-electron chi connectivity index (χ1n) is 8.61. The quantitative estimate of drug-likeness (QED) is 0.850. The summed E-state index contributed by atoms with van der Waals surface area (Å²) in [7, 11) is 0. The minimum atomic E-state index is -1.11. The molecule has 1 aromatic heterocycles. The summed E-state index contributed by atoms with van der Waals surface area (Å²) in [5.41, 5.74) is -0.724. The summed E-state index contributed by atoms with van der Waals surface area (Å²) in [4.78, 5) is 29.3. The monoisotopic (exact) mass is 374 g/mol. The van der Waals surface area contributed by atoms with Crippen LogP contribution in [0.15, 0.2) is 30.5 Å². The molecule has 27 heavy (non-hydrogen) atoms. The third-order valence-electron chi connectivity index (χ3n) is 4.17. The number of carbonyl (C=O) groups excluding carboxylic acids is 1.